The van der Waals surface area contributed by atoms with Gasteiger partial charge in [0.1, 0.15) is 0 Å². The predicted molar refractivity (Wildman–Crippen MR) is 66.4 cm³/mol. The monoisotopic (exact) mass is 210 g/mol. The van der Waals surface area contributed by atoms with Gasteiger partial charge in [0.25, 0.3) is 0 Å². The summed E-state index contributed by atoms with van der Waals surface area (Å²) in [6.07, 6.45) is 4.98. The molecule has 1 fully saturated rings. The van der Waals surface area contributed by atoms with Crippen molar-refractivity contribution in [2.45, 2.75) is 53.4 Å². The van der Waals surface area contributed by atoms with Crippen molar-refractivity contribution < 1.29 is 0 Å². The van der Waals surface area contributed by atoms with Crippen LogP contribution in [0.25, 0.3) is 0 Å². The topological polar surface area (TPSA) is 27.1 Å². The van der Waals surface area contributed by atoms with Gasteiger partial charge in [-0.15, -0.1) is 0 Å². The first-order chi connectivity index (χ1) is 7.00. The van der Waals surface area contributed by atoms with Crippen LogP contribution in [0.4, 0.5) is 0 Å². The van der Waals surface area contributed by atoms with Crippen LogP contribution in [0.5, 0.6) is 0 Å². The average molecular weight is 210 g/mol. The van der Waals surface area contributed by atoms with Crippen LogP contribution >= 0.6 is 0 Å². The highest BCUT2D eigenvalue weighted by Crippen LogP contribution is 2.38. The smallest absolute Gasteiger partial charge is 0.0989 e. The summed E-state index contributed by atoms with van der Waals surface area (Å²) in [4.78, 5) is 2.20. The van der Waals surface area contributed by atoms with E-state index in [-0.39, 0.29) is 0 Å². The zero-order valence-corrected chi connectivity index (χ0v) is 10.8. The lowest BCUT2D eigenvalue weighted by atomic mass is 9.72. The standard InChI is InChI=1S/C13H26N2/c1-5-15(6-2)12(14)11-7-9-13(3,4)10-8-11/h11,14H,5-10H2,1-4H3. The minimum atomic E-state index is 0.514. The molecule has 0 aromatic carbocycles. The Balaban J connectivity index is 2.49. The molecule has 1 aliphatic rings. The molecule has 0 amide bonds. The Morgan fingerprint density at radius 3 is 2.07 bits per heavy atom. The second-order valence-corrected chi connectivity index (χ2v) is 5.50. The van der Waals surface area contributed by atoms with E-state index in [1.54, 1.807) is 0 Å². The molecule has 0 heterocycles. The molecule has 1 saturated carbocycles. The summed E-state index contributed by atoms with van der Waals surface area (Å²) in [7, 11) is 0. The zero-order valence-electron chi connectivity index (χ0n) is 10.8. The third-order valence-electron chi connectivity index (χ3n) is 3.83. The molecular formula is C13H26N2. The molecule has 0 atom stereocenters. The van der Waals surface area contributed by atoms with Gasteiger partial charge >= 0.3 is 0 Å². The normalized spacial score (nSPS) is 21.3. The van der Waals surface area contributed by atoms with E-state index in [9.17, 15) is 0 Å². The van der Waals surface area contributed by atoms with Gasteiger partial charge in [-0.1, -0.05) is 13.8 Å². The molecule has 1 N–H and O–H groups in total. The maximum absolute atomic E-state index is 8.20. The van der Waals surface area contributed by atoms with Crippen molar-refractivity contribution in [3.8, 4) is 0 Å². The molecule has 1 rings (SSSR count). The predicted octanol–water partition coefficient (Wildman–Crippen LogP) is 3.52. The maximum Gasteiger partial charge on any atom is 0.0989 e. The van der Waals surface area contributed by atoms with Crippen LogP contribution in [-0.2, 0) is 0 Å². The summed E-state index contributed by atoms with van der Waals surface area (Å²) in [5.74, 6) is 1.41. The van der Waals surface area contributed by atoms with Crippen molar-refractivity contribution in [3.05, 3.63) is 0 Å². The van der Waals surface area contributed by atoms with E-state index in [0.29, 0.717) is 11.3 Å². The molecule has 0 unspecified atom stereocenters. The van der Waals surface area contributed by atoms with E-state index in [1.807, 2.05) is 0 Å². The highest BCUT2D eigenvalue weighted by molar-refractivity contribution is 5.81. The number of nitrogens with one attached hydrogen (secondary N) is 1. The first kappa shape index (κ1) is 12.5. The molecule has 15 heavy (non-hydrogen) atoms. The second-order valence-electron chi connectivity index (χ2n) is 5.50. The first-order valence-electron chi connectivity index (χ1n) is 6.33. The minimum Gasteiger partial charge on any atom is -0.361 e. The minimum absolute atomic E-state index is 0.514. The van der Waals surface area contributed by atoms with Crippen LogP contribution in [0.3, 0.4) is 0 Å². The Bertz CT molecular complexity index is 207. The van der Waals surface area contributed by atoms with E-state index in [1.165, 1.54) is 25.7 Å². The average Bonchev–Trinajstić information content (AvgIpc) is 2.19. The summed E-state index contributed by atoms with van der Waals surface area (Å²) in [6, 6.07) is 0. The van der Waals surface area contributed by atoms with Crippen LogP contribution in [-0.4, -0.2) is 23.8 Å². The number of hydrogen-bond donors (Lipinski definition) is 1. The maximum atomic E-state index is 8.20. The third-order valence-corrected chi connectivity index (χ3v) is 3.83. The van der Waals surface area contributed by atoms with Crippen molar-refractivity contribution in [2.75, 3.05) is 13.1 Å². The molecular weight excluding hydrogens is 184 g/mol. The Morgan fingerprint density at radius 1 is 1.20 bits per heavy atom. The quantitative estimate of drug-likeness (QED) is 0.560. The molecule has 0 radical (unpaired) electrons. The molecule has 0 bridgehead atoms. The van der Waals surface area contributed by atoms with Crippen molar-refractivity contribution >= 4 is 5.84 Å². The van der Waals surface area contributed by atoms with Gasteiger partial charge in [0.05, 0.1) is 5.84 Å². The van der Waals surface area contributed by atoms with Gasteiger partial charge in [-0.3, -0.25) is 5.41 Å². The Hall–Kier alpha value is -0.530. The van der Waals surface area contributed by atoms with Crippen LogP contribution in [0.1, 0.15) is 53.4 Å². The molecule has 0 saturated heterocycles. The fraction of sp³-hybridized carbons (Fsp3) is 0.923. The zero-order chi connectivity index (χ0) is 11.5. The van der Waals surface area contributed by atoms with E-state index in [0.717, 1.165) is 18.9 Å². The molecule has 0 spiro atoms. The van der Waals surface area contributed by atoms with Crippen LogP contribution in [0.2, 0.25) is 0 Å². The summed E-state index contributed by atoms with van der Waals surface area (Å²) in [6.45, 7) is 11.0. The van der Waals surface area contributed by atoms with Crippen LogP contribution in [0, 0.1) is 16.7 Å². The molecule has 1 aliphatic carbocycles. The second kappa shape index (κ2) is 5.00. The molecule has 2 heteroatoms. The molecule has 0 aromatic rings. The molecule has 0 aromatic heterocycles. The Kier molecular flexibility index (Phi) is 4.18. The summed E-state index contributed by atoms with van der Waals surface area (Å²) >= 11 is 0. The fourth-order valence-corrected chi connectivity index (χ4v) is 2.50. The molecule has 88 valence electrons. The first-order valence-corrected chi connectivity index (χ1v) is 6.33. The number of hydrogen-bond acceptors (Lipinski definition) is 1. The number of nitrogens with zero attached hydrogens (tertiary/aromatic N) is 1. The highest BCUT2D eigenvalue weighted by atomic mass is 15.2. The van der Waals surface area contributed by atoms with Gasteiger partial charge in [0.15, 0.2) is 0 Å². The van der Waals surface area contributed by atoms with E-state index in [4.69, 9.17) is 5.41 Å². The molecule has 2 nitrogen and oxygen atoms in total. The van der Waals surface area contributed by atoms with Gasteiger partial charge < -0.3 is 4.90 Å². The summed E-state index contributed by atoms with van der Waals surface area (Å²) in [5, 5.41) is 8.20. The van der Waals surface area contributed by atoms with Crippen molar-refractivity contribution in [2.24, 2.45) is 11.3 Å². The third kappa shape index (κ3) is 3.22. The Morgan fingerprint density at radius 2 is 1.67 bits per heavy atom. The van der Waals surface area contributed by atoms with Gasteiger partial charge in [-0.25, -0.2) is 0 Å². The SMILES string of the molecule is CCN(CC)C(=N)C1CCC(C)(C)CC1. The van der Waals surface area contributed by atoms with E-state index < -0.39 is 0 Å². The van der Waals surface area contributed by atoms with E-state index in [2.05, 4.69) is 32.6 Å². The Labute approximate surface area is 94.6 Å². The summed E-state index contributed by atoms with van der Waals surface area (Å²) in [5.41, 5.74) is 0.514. The highest BCUT2D eigenvalue weighted by Gasteiger charge is 2.30. The number of amidine groups is 1. The van der Waals surface area contributed by atoms with Gasteiger partial charge in [-0.2, -0.15) is 0 Å². The largest absolute Gasteiger partial charge is 0.361 e. The van der Waals surface area contributed by atoms with Gasteiger partial charge in [-0.05, 0) is 44.9 Å². The lowest BCUT2D eigenvalue weighted by Gasteiger charge is -2.37. The summed E-state index contributed by atoms with van der Waals surface area (Å²) < 4.78 is 0. The van der Waals surface area contributed by atoms with Crippen molar-refractivity contribution in [1.29, 1.82) is 5.41 Å². The molecule has 0 aliphatic heterocycles. The van der Waals surface area contributed by atoms with Crippen molar-refractivity contribution in [1.82, 2.24) is 4.90 Å². The lowest BCUT2D eigenvalue weighted by molar-refractivity contribution is 0.212. The lowest BCUT2D eigenvalue weighted by Crippen LogP contribution is -2.38. The van der Waals surface area contributed by atoms with Crippen LogP contribution in [0.15, 0.2) is 0 Å². The van der Waals surface area contributed by atoms with Crippen molar-refractivity contribution in [3.63, 3.8) is 0 Å². The fourth-order valence-electron chi connectivity index (χ4n) is 2.50. The van der Waals surface area contributed by atoms with Gasteiger partial charge in [0, 0.05) is 19.0 Å². The number of rotatable bonds is 3. The van der Waals surface area contributed by atoms with Gasteiger partial charge in [0.2, 0.25) is 0 Å². The van der Waals surface area contributed by atoms with Crippen LogP contribution < -0.4 is 0 Å². The van der Waals surface area contributed by atoms with E-state index >= 15 is 0 Å².